The fourth-order valence-corrected chi connectivity index (χ4v) is 4.00. The first-order valence-corrected chi connectivity index (χ1v) is 10.7. The molecule has 0 fully saturated rings. The number of nitrogens with zero attached hydrogens (tertiary/aromatic N) is 2. The average molecular weight is 380 g/mol. The molecule has 0 amide bonds. The summed E-state index contributed by atoms with van der Waals surface area (Å²) < 4.78 is 0. The van der Waals surface area contributed by atoms with Crippen LogP contribution >= 0.6 is 0 Å². The van der Waals surface area contributed by atoms with E-state index >= 15 is 0 Å². The molecule has 0 radical (unpaired) electrons. The number of aromatic nitrogens is 2. The summed E-state index contributed by atoms with van der Waals surface area (Å²) in [5.74, 6) is 0.524. The number of benzene rings is 1. The summed E-state index contributed by atoms with van der Waals surface area (Å²) in [6, 6.07) is 8.53. The summed E-state index contributed by atoms with van der Waals surface area (Å²) in [7, 11) is 0. The first-order chi connectivity index (χ1) is 13.7. The molecule has 0 atom stereocenters. The second kappa shape index (κ2) is 10.4. The molecule has 0 bridgehead atoms. The van der Waals surface area contributed by atoms with Gasteiger partial charge in [0.2, 0.25) is 0 Å². The number of rotatable bonds is 11. The molecular weight excluding hydrogens is 346 g/mol. The first kappa shape index (κ1) is 20.5. The molecule has 0 unspecified atom stereocenters. The Morgan fingerprint density at radius 2 is 1.57 bits per heavy atom. The molecule has 0 spiro atoms. The maximum atomic E-state index is 8.80. The molecular formula is C24H33N3O. The topological polar surface area (TPSA) is 72.0 Å². The van der Waals surface area contributed by atoms with E-state index in [1.54, 1.807) is 0 Å². The summed E-state index contributed by atoms with van der Waals surface area (Å²) in [5, 5.41) is 11.1. The van der Waals surface area contributed by atoms with Crippen LogP contribution in [0.1, 0.15) is 68.9 Å². The SMILES string of the molecule is Cc1ccc2c(c1)nc(N)c1nccc(CCCCCCCCCCCO)c12. The molecule has 0 saturated carbocycles. The standard InChI is InChI=1S/C24H33N3O/c1-18-12-13-20-21(17-18)27-24(25)23-22(20)19(14-15-26-23)11-9-7-5-3-2-4-6-8-10-16-28/h12-15,17,28H,2-11,16H2,1H3,(H2,25,27). The van der Waals surface area contributed by atoms with E-state index in [1.807, 2.05) is 6.20 Å². The van der Waals surface area contributed by atoms with Crippen LogP contribution in [0.3, 0.4) is 0 Å². The van der Waals surface area contributed by atoms with Gasteiger partial charge >= 0.3 is 0 Å². The number of fused-ring (bicyclic) bond motifs is 3. The van der Waals surface area contributed by atoms with Crippen LogP contribution in [0.25, 0.3) is 21.8 Å². The third-order valence-corrected chi connectivity index (χ3v) is 5.55. The highest BCUT2D eigenvalue weighted by molar-refractivity contribution is 6.09. The number of aryl methyl sites for hydroxylation is 2. The van der Waals surface area contributed by atoms with E-state index in [4.69, 9.17) is 10.8 Å². The van der Waals surface area contributed by atoms with E-state index in [0.717, 1.165) is 35.7 Å². The van der Waals surface area contributed by atoms with Crippen molar-refractivity contribution in [2.45, 2.75) is 71.1 Å². The van der Waals surface area contributed by atoms with Crippen LogP contribution < -0.4 is 5.73 Å². The Kier molecular flexibility index (Phi) is 7.61. The molecule has 0 saturated heterocycles. The minimum atomic E-state index is 0.334. The fraction of sp³-hybridized carbons (Fsp3) is 0.500. The van der Waals surface area contributed by atoms with Gasteiger partial charge in [-0.25, -0.2) is 4.98 Å². The first-order valence-electron chi connectivity index (χ1n) is 10.7. The van der Waals surface area contributed by atoms with Crippen LogP contribution in [-0.2, 0) is 6.42 Å². The lowest BCUT2D eigenvalue weighted by atomic mass is 9.98. The van der Waals surface area contributed by atoms with Crippen molar-refractivity contribution in [3.63, 3.8) is 0 Å². The number of nitrogens with two attached hydrogens (primary N) is 1. The molecule has 2 heterocycles. The van der Waals surface area contributed by atoms with Gasteiger partial charge in [-0.3, -0.25) is 4.98 Å². The summed E-state index contributed by atoms with van der Waals surface area (Å²) in [6.45, 7) is 2.42. The van der Waals surface area contributed by atoms with Crippen LogP contribution in [0.5, 0.6) is 0 Å². The Balaban J connectivity index is 1.59. The van der Waals surface area contributed by atoms with Gasteiger partial charge in [0.15, 0.2) is 5.82 Å². The van der Waals surface area contributed by atoms with E-state index in [2.05, 4.69) is 41.2 Å². The zero-order valence-electron chi connectivity index (χ0n) is 17.1. The van der Waals surface area contributed by atoms with Crippen molar-refractivity contribution >= 4 is 27.6 Å². The van der Waals surface area contributed by atoms with Crippen LogP contribution in [-0.4, -0.2) is 21.7 Å². The van der Waals surface area contributed by atoms with Crippen LogP contribution in [0.2, 0.25) is 0 Å². The maximum absolute atomic E-state index is 8.80. The molecule has 28 heavy (non-hydrogen) atoms. The van der Waals surface area contributed by atoms with Crippen molar-refractivity contribution in [3.8, 4) is 0 Å². The number of hydrogen-bond acceptors (Lipinski definition) is 4. The quantitative estimate of drug-likeness (QED) is 0.330. The van der Waals surface area contributed by atoms with Gasteiger partial charge in [0.05, 0.1) is 5.52 Å². The number of unbranched alkanes of at least 4 members (excludes halogenated alkanes) is 8. The average Bonchev–Trinajstić information content (AvgIpc) is 2.69. The van der Waals surface area contributed by atoms with Gasteiger partial charge < -0.3 is 10.8 Å². The Morgan fingerprint density at radius 1 is 0.893 bits per heavy atom. The summed E-state index contributed by atoms with van der Waals surface area (Å²) in [6.07, 6.45) is 14.0. The second-order valence-corrected chi connectivity index (χ2v) is 7.87. The van der Waals surface area contributed by atoms with Gasteiger partial charge in [0.25, 0.3) is 0 Å². The monoisotopic (exact) mass is 379 g/mol. The molecule has 0 aliphatic heterocycles. The Bertz CT molecular complexity index is 907. The summed E-state index contributed by atoms with van der Waals surface area (Å²) >= 11 is 0. The zero-order chi connectivity index (χ0) is 19.8. The third kappa shape index (κ3) is 5.20. The normalized spacial score (nSPS) is 11.5. The smallest absolute Gasteiger partial charge is 0.150 e. The molecule has 3 N–H and O–H groups in total. The zero-order valence-corrected chi connectivity index (χ0v) is 17.1. The van der Waals surface area contributed by atoms with E-state index < -0.39 is 0 Å². The molecule has 4 nitrogen and oxygen atoms in total. The van der Waals surface area contributed by atoms with Crippen molar-refractivity contribution in [1.82, 2.24) is 9.97 Å². The minimum absolute atomic E-state index is 0.334. The molecule has 150 valence electrons. The van der Waals surface area contributed by atoms with E-state index in [1.165, 1.54) is 61.5 Å². The number of pyridine rings is 2. The van der Waals surface area contributed by atoms with Crippen molar-refractivity contribution in [1.29, 1.82) is 0 Å². The third-order valence-electron chi connectivity index (χ3n) is 5.55. The van der Waals surface area contributed by atoms with Crippen molar-refractivity contribution < 1.29 is 5.11 Å². The predicted octanol–water partition coefficient (Wildman–Crippen LogP) is 5.72. The molecule has 1 aromatic carbocycles. The maximum Gasteiger partial charge on any atom is 0.150 e. The van der Waals surface area contributed by atoms with Crippen molar-refractivity contribution in [2.24, 2.45) is 0 Å². The number of aliphatic hydroxyl groups excluding tert-OH is 1. The number of hydrogen-bond donors (Lipinski definition) is 2. The van der Waals surface area contributed by atoms with Gasteiger partial charge in [0, 0.05) is 23.6 Å². The van der Waals surface area contributed by atoms with E-state index in [9.17, 15) is 0 Å². The lowest BCUT2D eigenvalue weighted by Gasteiger charge is -2.11. The molecule has 0 aliphatic rings. The van der Waals surface area contributed by atoms with E-state index in [-0.39, 0.29) is 0 Å². The predicted molar refractivity (Wildman–Crippen MR) is 119 cm³/mol. The highest BCUT2D eigenvalue weighted by Crippen LogP contribution is 2.30. The van der Waals surface area contributed by atoms with Crippen LogP contribution in [0, 0.1) is 6.92 Å². The summed E-state index contributed by atoms with van der Waals surface area (Å²) in [5.41, 5.74) is 10.5. The lowest BCUT2D eigenvalue weighted by Crippen LogP contribution is -1.98. The largest absolute Gasteiger partial charge is 0.396 e. The summed E-state index contributed by atoms with van der Waals surface area (Å²) in [4.78, 5) is 9.07. The van der Waals surface area contributed by atoms with E-state index in [0.29, 0.717) is 12.4 Å². The molecule has 3 aromatic rings. The van der Waals surface area contributed by atoms with Crippen molar-refractivity contribution in [2.75, 3.05) is 12.3 Å². The highest BCUT2D eigenvalue weighted by atomic mass is 16.2. The number of anilines is 1. The minimum Gasteiger partial charge on any atom is -0.396 e. The van der Waals surface area contributed by atoms with Gasteiger partial charge in [-0.1, -0.05) is 57.1 Å². The fourth-order valence-electron chi connectivity index (χ4n) is 4.00. The number of aliphatic hydroxyl groups is 1. The highest BCUT2D eigenvalue weighted by Gasteiger charge is 2.11. The molecule has 3 rings (SSSR count). The lowest BCUT2D eigenvalue weighted by molar-refractivity contribution is 0.282. The van der Waals surface area contributed by atoms with Crippen LogP contribution in [0.4, 0.5) is 5.82 Å². The Morgan fingerprint density at radius 3 is 2.29 bits per heavy atom. The molecule has 4 heteroatoms. The van der Waals surface area contributed by atoms with Crippen LogP contribution in [0.15, 0.2) is 30.5 Å². The molecule has 0 aliphatic carbocycles. The van der Waals surface area contributed by atoms with Gasteiger partial charge in [-0.2, -0.15) is 0 Å². The Hall–Kier alpha value is -2.20. The second-order valence-electron chi connectivity index (χ2n) is 7.87. The molecule has 2 aromatic heterocycles. The van der Waals surface area contributed by atoms with Crippen molar-refractivity contribution in [3.05, 3.63) is 41.6 Å². The van der Waals surface area contributed by atoms with Gasteiger partial charge in [-0.05, 0) is 49.4 Å². The Labute approximate surface area is 168 Å². The number of nitrogen functional groups attached to an aromatic ring is 1. The van der Waals surface area contributed by atoms with Gasteiger partial charge in [-0.15, -0.1) is 0 Å². The van der Waals surface area contributed by atoms with Gasteiger partial charge in [0.1, 0.15) is 5.52 Å².